The molecule has 1 aliphatic heterocycles. The third kappa shape index (κ3) is 4.43. The average molecular weight is 198 g/mol. The molecule has 0 saturated carbocycles. The SMILES string of the molecule is CC(C)C(C)NCCCN1CCCC1. The molecule has 84 valence electrons. The molecule has 1 rings (SSSR count). The number of hydrogen-bond donors (Lipinski definition) is 1. The van der Waals surface area contributed by atoms with Crippen LogP contribution in [0.2, 0.25) is 0 Å². The lowest BCUT2D eigenvalue weighted by Gasteiger charge is -2.19. The molecule has 2 heteroatoms. The quantitative estimate of drug-likeness (QED) is 0.658. The Bertz CT molecular complexity index is 135. The Morgan fingerprint density at radius 1 is 1.14 bits per heavy atom. The minimum atomic E-state index is 0.661. The van der Waals surface area contributed by atoms with E-state index in [1.807, 2.05) is 0 Å². The van der Waals surface area contributed by atoms with Crippen LogP contribution in [0.15, 0.2) is 0 Å². The van der Waals surface area contributed by atoms with Crippen molar-refractivity contribution in [2.45, 2.75) is 46.1 Å². The van der Waals surface area contributed by atoms with Crippen molar-refractivity contribution in [1.82, 2.24) is 10.2 Å². The third-order valence-electron chi connectivity index (χ3n) is 3.32. The first-order valence-corrected chi connectivity index (χ1v) is 6.16. The highest BCUT2D eigenvalue weighted by Crippen LogP contribution is 2.07. The molecule has 0 spiro atoms. The van der Waals surface area contributed by atoms with E-state index in [2.05, 4.69) is 31.0 Å². The van der Waals surface area contributed by atoms with Crippen molar-refractivity contribution in [2.75, 3.05) is 26.2 Å². The average Bonchev–Trinajstić information content (AvgIpc) is 2.64. The molecule has 0 aromatic rings. The normalized spacial score (nSPS) is 20.6. The first-order chi connectivity index (χ1) is 6.70. The molecular weight excluding hydrogens is 172 g/mol. The minimum absolute atomic E-state index is 0.661. The van der Waals surface area contributed by atoms with Crippen LogP contribution in [0.25, 0.3) is 0 Å². The maximum Gasteiger partial charge on any atom is 0.00617 e. The Morgan fingerprint density at radius 3 is 2.36 bits per heavy atom. The van der Waals surface area contributed by atoms with Gasteiger partial charge in [-0.1, -0.05) is 13.8 Å². The second kappa shape index (κ2) is 6.41. The Hall–Kier alpha value is -0.0800. The van der Waals surface area contributed by atoms with Gasteiger partial charge in [0.25, 0.3) is 0 Å². The van der Waals surface area contributed by atoms with Gasteiger partial charge in [0.2, 0.25) is 0 Å². The highest BCUT2D eigenvalue weighted by atomic mass is 15.1. The van der Waals surface area contributed by atoms with E-state index in [9.17, 15) is 0 Å². The van der Waals surface area contributed by atoms with Crippen molar-refractivity contribution in [3.8, 4) is 0 Å². The fraction of sp³-hybridized carbons (Fsp3) is 1.00. The molecule has 1 atom stereocenters. The fourth-order valence-electron chi connectivity index (χ4n) is 1.87. The number of likely N-dealkylation sites (tertiary alicyclic amines) is 1. The molecule has 0 bridgehead atoms. The van der Waals surface area contributed by atoms with Crippen LogP contribution >= 0.6 is 0 Å². The van der Waals surface area contributed by atoms with Gasteiger partial charge in [0.15, 0.2) is 0 Å². The largest absolute Gasteiger partial charge is 0.314 e. The van der Waals surface area contributed by atoms with Crippen LogP contribution in [0.4, 0.5) is 0 Å². The molecule has 0 aromatic heterocycles. The van der Waals surface area contributed by atoms with Gasteiger partial charge in [0.1, 0.15) is 0 Å². The predicted octanol–water partition coefficient (Wildman–Crippen LogP) is 2.11. The van der Waals surface area contributed by atoms with Gasteiger partial charge in [0.05, 0.1) is 0 Å². The maximum atomic E-state index is 3.58. The Morgan fingerprint density at radius 2 is 1.79 bits per heavy atom. The van der Waals surface area contributed by atoms with Crippen LogP contribution in [0.3, 0.4) is 0 Å². The number of hydrogen-bond acceptors (Lipinski definition) is 2. The second-order valence-corrected chi connectivity index (χ2v) is 4.89. The standard InChI is InChI=1S/C12H26N2/c1-11(2)12(3)13-7-6-10-14-8-4-5-9-14/h11-13H,4-10H2,1-3H3. The molecule has 1 fully saturated rings. The summed E-state index contributed by atoms with van der Waals surface area (Å²) >= 11 is 0. The molecule has 0 aliphatic carbocycles. The number of rotatable bonds is 6. The first kappa shape index (κ1) is 12.0. The molecule has 2 nitrogen and oxygen atoms in total. The van der Waals surface area contributed by atoms with Crippen molar-refractivity contribution in [3.63, 3.8) is 0 Å². The van der Waals surface area contributed by atoms with E-state index in [1.54, 1.807) is 0 Å². The van der Waals surface area contributed by atoms with Crippen LogP contribution in [-0.2, 0) is 0 Å². The van der Waals surface area contributed by atoms with Gasteiger partial charge >= 0.3 is 0 Å². The Balaban J connectivity index is 1.93. The topological polar surface area (TPSA) is 15.3 Å². The van der Waals surface area contributed by atoms with Crippen LogP contribution in [0.1, 0.15) is 40.0 Å². The molecule has 1 N–H and O–H groups in total. The predicted molar refractivity (Wildman–Crippen MR) is 62.6 cm³/mol. The van der Waals surface area contributed by atoms with Gasteiger partial charge < -0.3 is 10.2 Å². The summed E-state index contributed by atoms with van der Waals surface area (Å²) in [5.41, 5.74) is 0. The van der Waals surface area contributed by atoms with E-state index >= 15 is 0 Å². The monoisotopic (exact) mass is 198 g/mol. The van der Waals surface area contributed by atoms with Crippen molar-refractivity contribution >= 4 is 0 Å². The van der Waals surface area contributed by atoms with E-state index in [1.165, 1.54) is 45.4 Å². The molecular formula is C12H26N2. The smallest absolute Gasteiger partial charge is 0.00617 e. The Kier molecular flexibility index (Phi) is 5.49. The van der Waals surface area contributed by atoms with Crippen molar-refractivity contribution < 1.29 is 0 Å². The maximum absolute atomic E-state index is 3.58. The lowest BCUT2D eigenvalue weighted by atomic mass is 10.1. The highest BCUT2D eigenvalue weighted by Gasteiger charge is 2.10. The first-order valence-electron chi connectivity index (χ1n) is 6.16. The summed E-state index contributed by atoms with van der Waals surface area (Å²) in [6.45, 7) is 12.0. The van der Waals surface area contributed by atoms with Gasteiger partial charge in [-0.05, 0) is 58.3 Å². The molecule has 14 heavy (non-hydrogen) atoms. The van der Waals surface area contributed by atoms with Crippen molar-refractivity contribution in [3.05, 3.63) is 0 Å². The van der Waals surface area contributed by atoms with Crippen molar-refractivity contribution in [2.24, 2.45) is 5.92 Å². The Labute approximate surface area is 89.1 Å². The van der Waals surface area contributed by atoms with Gasteiger partial charge in [0, 0.05) is 6.04 Å². The minimum Gasteiger partial charge on any atom is -0.314 e. The summed E-state index contributed by atoms with van der Waals surface area (Å²) in [7, 11) is 0. The molecule has 1 aliphatic rings. The van der Waals surface area contributed by atoms with Gasteiger partial charge in [-0.3, -0.25) is 0 Å². The van der Waals surface area contributed by atoms with Gasteiger partial charge in [-0.25, -0.2) is 0 Å². The van der Waals surface area contributed by atoms with Gasteiger partial charge in [-0.15, -0.1) is 0 Å². The molecule has 0 aromatic carbocycles. The molecule has 1 saturated heterocycles. The summed E-state index contributed by atoms with van der Waals surface area (Å²) in [5.74, 6) is 0.752. The molecule has 1 unspecified atom stereocenters. The van der Waals surface area contributed by atoms with E-state index in [0.29, 0.717) is 6.04 Å². The summed E-state index contributed by atoms with van der Waals surface area (Å²) in [6.07, 6.45) is 4.13. The summed E-state index contributed by atoms with van der Waals surface area (Å²) in [6, 6.07) is 0.661. The third-order valence-corrected chi connectivity index (χ3v) is 3.32. The van der Waals surface area contributed by atoms with Crippen molar-refractivity contribution in [1.29, 1.82) is 0 Å². The van der Waals surface area contributed by atoms with Crippen LogP contribution in [-0.4, -0.2) is 37.1 Å². The van der Waals surface area contributed by atoms with Crippen LogP contribution in [0, 0.1) is 5.92 Å². The fourth-order valence-corrected chi connectivity index (χ4v) is 1.87. The zero-order valence-electron chi connectivity index (χ0n) is 10.1. The summed E-state index contributed by atoms with van der Waals surface area (Å²) < 4.78 is 0. The number of nitrogens with zero attached hydrogens (tertiary/aromatic N) is 1. The zero-order valence-corrected chi connectivity index (χ0v) is 10.1. The summed E-state index contributed by atoms with van der Waals surface area (Å²) in [5, 5.41) is 3.58. The van der Waals surface area contributed by atoms with Gasteiger partial charge in [-0.2, -0.15) is 0 Å². The number of nitrogens with one attached hydrogen (secondary N) is 1. The van der Waals surface area contributed by atoms with E-state index in [4.69, 9.17) is 0 Å². The lowest BCUT2D eigenvalue weighted by molar-refractivity contribution is 0.323. The van der Waals surface area contributed by atoms with Crippen LogP contribution < -0.4 is 5.32 Å². The zero-order chi connectivity index (χ0) is 10.4. The molecule has 0 amide bonds. The van der Waals surface area contributed by atoms with E-state index < -0.39 is 0 Å². The molecule has 1 heterocycles. The second-order valence-electron chi connectivity index (χ2n) is 4.89. The van der Waals surface area contributed by atoms with E-state index in [-0.39, 0.29) is 0 Å². The van der Waals surface area contributed by atoms with Crippen LogP contribution in [0.5, 0.6) is 0 Å². The summed E-state index contributed by atoms with van der Waals surface area (Å²) in [4.78, 5) is 2.59. The highest BCUT2D eigenvalue weighted by molar-refractivity contribution is 4.68. The lowest BCUT2D eigenvalue weighted by Crippen LogP contribution is -2.33. The van der Waals surface area contributed by atoms with E-state index in [0.717, 1.165) is 5.92 Å². The molecule has 0 radical (unpaired) electrons.